The lowest BCUT2D eigenvalue weighted by molar-refractivity contribution is -0.141. The second kappa shape index (κ2) is 17.4. The summed E-state index contributed by atoms with van der Waals surface area (Å²) in [4.78, 5) is 75.0. The first-order chi connectivity index (χ1) is 28.3. The summed E-state index contributed by atoms with van der Waals surface area (Å²) >= 11 is 0. The average molecular weight is 844 g/mol. The lowest BCUT2D eigenvalue weighted by atomic mass is 10.1. The van der Waals surface area contributed by atoms with E-state index in [-0.39, 0.29) is 38.0 Å². The number of rotatable bonds is 16. The van der Waals surface area contributed by atoms with Crippen molar-refractivity contribution in [1.29, 1.82) is 0 Å². The Labute approximate surface area is 350 Å². The molecule has 4 amide bonds. The van der Waals surface area contributed by atoms with Crippen molar-refractivity contribution in [1.82, 2.24) is 25.2 Å². The molecule has 2 unspecified atom stereocenters. The number of allylic oxidation sites excluding steroid dienone is 2. The SMILES string of the molecule is C=CC1C[C@]1(NC(=O)[C@@H]1C[C@@H](Oc2cc(-c3ccccc3)nc3cc(OC)ccc23)CN1C(=O)C(CCC(=O)C=C(C)C)NC(=O)OC(C)(C)C)C(=O)NS(=O)(=O)C1CC1. The lowest BCUT2D eigenvalue weighted by Gasteiger charge is -2.30. The number of nitrogens with one attached hydrogen (secondary N) is 3. The van der Waals surface area contributed by atoms with Gasteiger partial charge in [-0.05, 0) is 78.5 Å². The Balaban J connectivity index is 1.35. The second-order valence-electron chi connectivity index (χ2n) is 16.8. The maximum absolute atomic E-state index is 14.7. The number of benzene rings is 2. The first-order valence-electron chi connectivity index (χ1n) is 20.0. The Morgan fingerprint density at radius 2 is 1.77 bits per heavy atom. The molecule has 2 saturated carbocycles. The van der Waals surface area contributed by atoms with Crippen molar-refractivity contribution < 1.29 is 46.6 Å². The highest BCUT2D eigenvalue weighted by molar-refractivity contribution is 7.91. The van der Waals surface area contributed by atoms with E-state index in [2.05, 4.69) is 21.9 Å². The fourth-order valence-corrected chi connectivity index (χ4v) is 8.68. The predicted molar refractivity (Wildman–Crippen MR) is 224 cm³/mol. The Kier molecular flexibility index (Phi) is 12.7. The fraction of sp³-hybridized carbons (Fsp3) is 0.455. The Morgan fingerprint density at radius 3 is 2.38 bits per heavy atom. The van der Waals surface area contributed by atoms with Crippen molar-refractivity contribution in [2.24, 2.45) is 5.92 Å². The summed E-state index contributed by atoms with van der Waals surface area (Å²) in [6.07, 6.45) is 1.92. The highest BCUT2D eigenvalue weighted by Crippen LogP contribution is 2.45. The molecule has 3 aromatic rings. The number of ketones is 1. The lowest BCUT2D eigenvalue weighted by Crippen LogP contribution is -2.58. The molecule has 3 fully saturated rings. The van der Waals surface area contributed by atoms with Crippen LogP contribution in [-0.2, 0) is 33.9 Å². The van der Waals surface area contributed by atoms with E-state index >= 15 is 0 Å². The number of fused-ring (bicyclic) bond motifs is 1. The van der Waals surface area contributed by atoms with E-state index in [4.69, 9.17) is 19.2 Å². The third-order valence-electron chi connectivity index (χ3n) is 10.6. The van der Waals surface area contributed by atoms with E-state index in [0.29, 0.717) is 40.9 Å². The number of carbonyl (C=O) groups is 5. The van der Waals surface area contributed by atoms with Gasteiger partial charge in [-0.2, -0.15) is 0 Å². The van der Waals surface area contributed by atoms with Crippen LogP contribution in [0.4, 0.5) is 4.79 Å². The molecular weight excluding hydrogens is 791 g/mol. The minimum atomic E-state index is -3.95. The molecule has 1 aliphatic heterocycles. The van der Waals surface area contributed by atoms with E-state index in [1.165, 1.54) is 17.1 Å². The van der Waals surface area contributed by atoms with Crippen molar-refractivity contribution in [2.75, 3.05) is 13.7 Å². The molecule has 1 aromatic heterocycles. The summed E-state index contributed by atoms with van der Waals surface area (Å²) in [6, 6.07) is 14.1. The summed E-state index contributed by atoms with van der Waals surface area (Å²) in [5.74, 6) is -2.14. The zero-order valence-corrected chi connectivity index (χ0v) is 35.6. The average Bonchev–Trinajstić information content (AvgIpc) is 4.12. The zero-order valence-electron chi connectivity index (χ0n) is 34.8. The van der Waals surface area contributed by atoms with Gasteiger partial charge in [-0.3, -0.25) is 23.9 Å². The maximum Gasteiger partial charge on any atom is 0.408 e. The third kappa shape index (κ3) is 10.3. The van der Waals surface area contributed by atoms with Gasteiger partial charge in [0.25, 0.3) is 5.91 Å². The normalized spacial score (nSPS) is 21.6. The van der Waals surface area contributed by atoms with Gasteiger partial charge in [-0.15, -0.1) is 6.58 Å². The predicted octanol–water partition coefficient (Wildman–Crippen LogP) is 5.14. The number of hydrogen-bond donors (Lipinski definition) is 3. The number of ether oxygens (including phenoxy) is 3. The molecule has 1 saturated heterocycles. The summed E-state index contributed by atoms with van der Waals surface area (Å²) in [5, 5.41) is 5.36. The number of sulfonamides is 1. The quantitative estimate of drug-likeness (QED) is 0.128. The first kappa shape index (κ1) is 43.8. The van der Waals surface area contributed by atoms with E-state index in [1.807, 2.05) is 30.3 Å². The summed E-state index contributed by atoms with van der Waals surface area (Å²) < 4.78 is 45.4. The number of aromatic nitrogens is 1. The second-order valence-corrected chi connectivity index (χ2v) is 18.8. The van der Waals surface area contributed by atoms with E-state index in [0.717, 1.165) is 11.1 Å². The fourth-order valence-electron chi connectivity index (χ4n) is 7.32. The summed E-state index contributed by atoms with van der Waals surface area (Å²) in [6.45, 7) is 12.2. The standard InChI is InChI=1S/C44H53N5O10S/c1-8-28-24-44(28,41(53)48-60(55,56)32-16-17-32)47-39(51)37-22-31(25-49(37)40(52)34(19-14-29(50)20-26(2)3)46-42(54)59-43(4,5)6)58-38-23-35(27-12-10-9-11-13-27)45-36-21-30(57-7)15-18-33(36)38/h8-13,15,18,20-21,23,28,31-32,34,37H,1,14,16-17,19,22,24-25H2,2-7H3,(H,46,54)(H,47,51)(H,48,53)/t28?,31-,34?,37+,44-/m1/s1. The van der Waals surface area contributed by atoms with Crippen LogP contribution < -0.4 is 24.8 Å². The number of nitrogens with zero attached hydrogens (tertiary/aromatic N) is 2. The van der Waals surface area contributed by atoms with Crippen LogP contribution >= 0.6 is 0 Å². The van der Waals surface area contributed by atoms with E-state index in [1.54, 1.807) is 66.0 Å². The van der Waals surface area contributed by atoms with Gasteiger partial charge in [0.15, 0.2) is 5.78 Å². The van der Waals surface area contributed by atoms with Crippen LogP contribution in [0.2, 0.25) is 0 Å². The molecule has 60 heavy (non-hydrogen) atoms. The Hall–Kier alpha value is -5.77. The van der Waals surface area contributed by atoms with Gasteiger partial charge >= 0.3 is 6.09 Å². The number of methoxy groups -OCH3 is 1. The van der Waals surface area contributed by atoms with Gasteiger partial charge in [-0.25, -0.2) is 18.2 Å². The number of alkyl carbamates (subject to hydrolysis) is 1. The van der Waals surface area contributed by atoms with Crippen LogP contribution in [0.3, 0.4) is 0 Å². The molecular formula is C44H53N5O10S. The topological polar surface area (TPSA) is 199 Å². The van der Waals surface area contributed by atoms with Crippen molar-refractivity contribution in [3.05, 3.63) is 78.9 Å². The molecule has 0 spiro atoms. The summed E-state index contributed by atoms with van der Waals surface area (Å²) in [7, 11) is -2.40. The van der Waals surface area contributed by atoms with Crippen LogP contribution in [0.1, 0.15) is 73.1 Å². The molecule has 2 aliphatic carbocycles. The van der Waals surface area contributed by atoms with Crippen molar-refractivity contribution >= 4 is 50.5 Å². The molecule has 0 radical (unpaired) electrons. The van der Waals surface area contributed by atoms with E-state index in [9.17, 15) is 32.4 Å². The highest BCUT2D eigenvalue weighted by Gasteiger charge is 2.62. The van der Waals surface area contributed by atoms with Gasteiger partial charge in [0, 0.05) is 41.8 Å². The van der Waals surface area contributed by atoms with E-state index < -0.39 is 74.3 Å². The van der Waals surface area contributed by atoms with Crippen LogP contribution in [-0.4, -0.2) is 96.1 Å². The van der Waals surface area contributed by atoms with Crippen LogP contribution in [0, 0.1) is 5.92 Å². The minimum Gasteiger partial charge on any atom is -0.497 e. The molecule has 3 aliphatic rings. The molecule has 16 heteroatoms. The highest BCUT2D eigenvalue weighted by atomic mass is 32.2. The molecule has 5 atom stereocenters. The van der Waals surface area contributed by atoms with Gasteiger partial charge < -0.3 is 29.7 Å². The van der Waals surface area contributed by atoms with Crippen LogP contribution in [0.25, 0.3) is 22.2 Å². The smallest absolute Gasteiger partial charge is 0.408 e. The minimum absolute atomic E-state index is 0.0507. The van der Waals surface area contributed by atoms with Crippen LogP contribution in [0.15, 0.2) is 78.9 Å². The Bertz CT molecular complexity index is 2320. The molecule has 2 aromatic carbocycles. The summed E-state index contributed by atoms with van der Waals surface area (Å²) in [5.41, 5.74) is 0.232. The van der Waals surface area contributed by atoms with Crippen molar-refractivity contribution in [3.8, 4) is 22.8 Å². The van der Waals surface area contributed by atoms with Gasteiger partial charge in [-0.1, -0.05) is 42.0 Å². The van der Waals surface area contributed by atoms with Crippen molar-refractivity contribution in [3.63, 3.8) is 0 Å². The number of hydrogen-bond acceptors (Lipinski definition) is 11. The van der Waals surface area contributed by atoms with Crippen molar-refractivity contribution in [2.45, 2.75) is 108 Å². The molecule has 3 N–H and O–H groups in total. The number of likely N-dealkylation sites (tertiary alicyclic amines) is 1. The van der Waals surface area contributed by atoms with Gasteiger partial charge in [0.2, 0.25) is 21.8 Å². The monoisotopic (exact) mass is 843 g/mol. The number of amides is 4. The largest absolute Gasteiger partial charge is 0.497 e. The van der Waals surface area contributed by atoms with Crippen LogP contribution in [0.5, 0.6) is 11.5 Å². The van der Waals surface area contributed by atoms with Gasteiger partial charge in [0.05, 0.1) is 30.1 Å². The molecule has 15 nitrogen and oxygen atoms in total. The van der Waals surface area contributed by atoms with Gasteiger partial charge in [0.1, 0.15) is 40.8 Å². The number of carbonyl (C=O) groups excluding carboxylic acids is 5. The first-order valence-corrected chi connectivity index (χ1v) is 21.6. The maximum atomic E-state index is 14.7. The molecule has 6 rings (SSSR count). The molecule has 320 valence electrons. The number of pyridine rings is 1. The third-order valence-corrected chi connectivity index (χ3v) is 12.4. The molecule has 0 bridgehead atoms. The zero-order chi connectivity index (χ0) is 43.6. The molecule has 2 heterocycles. The Morgan fingerprint density at radius 1 is 1.05 bits per heavy atom.